The number of aromatic nitrogens is 5. The fourth-order valence-electron chi connectivity index (χ4n) is 10.4. The largest absolute Gasteiger partial charge is 0.452 e. The van der Waals surface area contributed by atoms with Crippen molar-refractivity contribution in [2.75, 3.05) is 0 Å². The molecule has 0 bridgehead atoms. The molecular weight excluding hydrogens is 843 g/mol. The van der Waals surface area contributed by atoms with Crippen LogP contribution in [0.15, 0.2) is 241 Å². The standard InChI is InChI=1S/C63H39N5O/c1-4-17-40(18-5-1)41-31-33-45(34-32-41)67-55-29-14-12-26-48(55)50-35-37-52-53-38-36-51-49-27-13-15-30-56(49)68(58(51)60(53)69-59(52)57(50)67)46-24-16-23-44(39-46)62-64-61(43-21-8-3-9-22-43)65-63(66-62)54-28-11-10-25-47(54)42-19-6-2-7-20-42/h1-39H. The minimum Gasteiger partial charge on any atom is -0.452 e. The predicted octanol–water partition coefficient (Wildman–Crippen LogP) is 16.3. The summed E-state index contributed by atoms with van der Waals surface area (Å²) in [6.07, 6.45) is 0. The van der Waals surface area contributed by atoms with E-state index >= 15 is 0 Å². The molecule has 6 heteroatoms. The highest BCUT2D eigenvalue weighted by Gasteiger charge is 2.24. The van der Waals surface area contributed by atoms with Crippen LogP contribution in [0.4, 0.5) is 0 Å². The third kappa shape index (κ3) is 6.23. The maximum absolute atomic E-state index is 7.37. The van der Waals surface area contributed by atoms with E-state index in [1.807, 2.05) is 42.5 Å². The molecule has 0 saturated heterocycles. The summed E-state index contributed by atoms with van der Waals surface area (Å²) in [6.45, 7) is 0. The normalized spacial score (nSPS) is 11.8. The Labute approximate surface area is 396 Å². The molecule has 0 fully saturated rings. The van der Waals surface area contributed by atoms with Gasteiger partial charge in [-0.3, -0.25) is 0 Å². The fraction of sp³-hybridized carbons (Fsp3) is 0. The first-order valence-corrected chi connectivity index (χ1v) is 23.3. The van der Waals surface area contributed by atoms with Crippen LogP contribution in [0.2, 0.25) is 0 Å². The van der Waals surface area contributed by atoms with Gasteiger partial charge in [0.05, 0.1) is 22.1 Å². The second kappa shape index (κ2) is 15.6. The number of hydrogen-bond donors (Lipinski definition) is 0. The van der Waals surface area contributed by atoms with E-state index in [0.717, 1.165) is 99.4 Å². The zero-order valence-corrected chi connectivity index (χ0v) is 37.2. The molecule has 0 aliphatic rings. The van der Waals surface area contributed by atoms with Gasteiger partial charge in [-0.2, -0.15) is 0 Å². The smallest absolute Gasteiger partial charge is 0.164 e. The molecule has 0 N–H and O–H groups in total. The molecule has 0 amide bonds. The molecule has 0 atom stereocenters. The summed E-state index contributed by atoms with van der Waals surface area (Å²) in [5.41, 5.74) is 15.2. The molecule has 14 aromatic rings. The Morgan fingerprint density at radius 3 is 1.35 bits per heavy atom. The number of nitrogens with zero attached hydrogens (tertiary/aromatic N) is 5. The Hall–Kier alpha value is -9.39. The summed E-state index contributed by atoms with van der Waals surface area (Å²) in [5, 5.41) is 6.70. The van der Waals surface area contributed by atoms with Gasteiger partial charge in [0.15, 0.2) is 28.6 Å². The van der Waals surface area contributed by atoms with Gasteiger partial charge in [-0.15, -0.1) is 0 Å². The van der Waals surface area contributed by atoms with Crippen molar-refractivity contribution < 1.29 is 4.42 Å². The van der Waals surface area contributed by atoms with Crippen molar-refractivity contribution in [2.24, 2.45) is 0 Å². The lowest BCUT2D eigenvalue weighted by Gasteiger charge is -2.13. The third-order valence-corrected chi connectivity index (χ3v) is 13.6. The Morgan fingerprint density at radius 1 is 0.275 bits per heavy atom. The highest BCUT2D eigenvalue weighted by atomic mass is 16.3. The topological polar surface area (TPSA) is 61.7 Å². The Bertz CT molecular complexity index is 4280. The molecule has 322 valence electrons. The van der Waals surface area contributed by atoms with Crippen LogP contribution in [0, 0.1) is 0 Å². The van der Waals surface area contributed by atoms with Crippen LogP contribution in [0.5, 0.6) is 0 Å². The summed E-state index contributed by atoms with van der Waals surface area (Å²) in [5.74, 6) is 1.81. The van der Waals surface area contributed by atoms with Crippen LogP contribution in [-0.4, -0.2) is 24.1 Å². The molecule has 6 nitrogen and oxygen atoms in total. The van der Waals surface area contributed by atoms with Crippen molar-refractivity contribution >= 4 is 65.6 Å². The molecule has 0 spiro atoms. The van der Waals surface area contributed by atoms with Crippen LogP contribution in [0.3, 0.4) is 0 Å². The lowest BCUT2D eigenvalue weighted by molar-refractivity contribution is 0.673. The SMILES string of the molecule is c1ccc(-c2ccc(-n3c4ccccc4c4ccc5c6ccc7c8ccccc8n(-c8cccc(-c9nc(-c%10ccccc%10)nc(-c%10ccccc%10-c%10ccccc%10)n9)c8)c7c6oc5c43)cc2)cc1. The van der Waals surface area contributed by atoms with Gasteiger partial charge >= 0.3 is 0 Å². The van der Waals surface area contributed by atoms with E-state index in [0.29, 0.717) is 17.5 Å². The first-order valence-electron chi connectivity index (χ1n) is 23.3. The minimum atomic E-state index is 0.588. The highest BCUT2D eigenvalue weighted by Crippen LogP contribution is 2.45. The molecule has 4 aromatic heterocycles. The Morgan fingerprint density at radius 2 is 0.725 bits per heavy atom. The summed E-state index contributed by atoms with van der Waals surface area (Å²) in [4.78, 5) is 15.6. The van der Waals surface area contributed by atoms with Crippen molar-refractivity contribution in [1.29, 1.82) is 0 Å². The van der Waals surface area contributed by atoms with Crippen molar-refractivity contribution in [1.82, 2.24) is 24.1 Å². The molecule has 14 rings (SSSR count). The first kappa shape index (κ1) is 38.8. The quantitative estimate of drug-likeness (QED) is 0.160. The minimum absolute atomic E-state index is 0.588. The van der Waals surface area contributed by atoms with Crippen LogP contribution in [-0.2, 0) is 0 Å². The number of furan rings is 1. The summed E-state index contributed by atoms with van der Waals surface area (Å²) in [7, 11) is 0. The van der Waals surface area contributed by atoms with Gasteiger partial charge < -0.3 is 13.6 Å². The molecular formula is C63H39N5O. The Balaban J connectivity index is 0.985. The average Bonchev–Trinajstić information content (AvgIpc) is 4.10. The van der Waals surface area contributed by atoms with Gasteiger partial charge in [0.2, 0.25) is 0 Å². The molecule has 0 aliphatic heterocycles. The van der Waals surface area contributed by atoms with Gasteiger partial charge in [-0.05, 0) is 70.8 Å². The van der Waals surface area contributed by atoms with E-state index in [-0.39, 0.29) is 0 Å². The van der Waals surface area contributed by atoms with Crippen molar-refractivity contribution in [3.05, 3.63) is 237 Å². The van der Waals surface area contributed by atoms with E-state index in [1.54, 1.807) is 0 Å². The van der Waals surface area contributed by atoms with E-state index in [9.17, 15) is 0 Å². The zero-order valence-electron chi connectivity index (χ0n) is 37.2. The molecule has 0 saturated carbocycles. The maximum Gasteiger partial charge on any atom is 0.164 e. The van der Waals surface area contributed by atoms with Crippen molar-refractivity contribution in [2.45, 2.75) is 0 Å². The lowest BCUT2D eigenvalue weighted by atomic mass is 9.99. The van der Waals surface area contributed by atoms with E-state index in [2.05, 4.69) is 203 Å². The lowest BCUT2D eigenvalue weighted by Crippen LogP contribution is -2.02. The van der Waals surface area contributed by atoms with Gasteiger partial charge in [-0.1, -0.05) is 188 Å². The van der Waals surface area contributed by atoms with Gasteiger partial charge in [-0.25, -0.2) is 15.0 Å². The van der Waals surface area contributed by atoms with E-state index in [4.69, 9.17) is 19.4 Å². The molecule has 0 unspecified atom stereocenters. The fourth-order valence-corrected chi connectivity index (χ4v) is 10.4. The monoisotopic (exact) mass is 881 g/mol. The number of benzene rings is 10. The third-order valence-electron chi connectivity index (χ3n) is 13.6. The summed E-state index contributed by atoms with van der Waals surface area (Å²) in [6, 6.07) is 83.1. The second-order valence-electron chi connectivity index (χ2n) is 17.5. The molecule has 0 aliphatic carbocycles. The number of para-hydroxylation sites is 2. The first-order chi connectivity index (χ1) is 34.2. The van der Waals surface area contributed by atoms with Crippen LogP contribution in [0.1, 0.15) is 0 Å². The predicted molar refractivity (Wildman–Crippen MR) is 283 cm³/mol. The van der Waals surface area contributed by atoms with Crippen LogP contribution < -0.4 is 0 Å². The van der Waals surface area contributed by atoms with Crippen LogP contribution in [0.25, 0.3) is 133 Å². The maximum atomic E-state index is 7.37. The summed E-state index contributed by atoms with van der Waals surface area (Å²) >= 11 is 0. The Kier molecular flexibility index (Phi) is 8.79. The molecule has 0 radical (unpaired) electrons. The zero-order chi connectivity index (χ0) is 45.4. The van der Waals surface area contributed by atoms with Gasteiger partial charge in [0.25, 0.3) is 0 Å². The average molecular weight is 882 g/mol. The molecule has 4 heterocycles. The molecule has 10 aromatic carbocycles. The summed E-state index contributed by atoms with van der Waals surface area (Å²) < 4.78 is 12.1. The van der Waals surface area contributed by atoms with E-state index in [1.165, 1.54) is 16.5 Å². The second-order valence-corrected chi connectivity index (χ2v) is 17.5. The number of fused-ring (bicyclic) bond motifs is 11. The molecule has 69 heavy (non-hydrogen) atoms. The van der Waals surface area contributed by atoms with Gasteiger partial charge in [0.1, 0.15) is 0 Å². The number of hydrogen-bond acceptors (Lipinski definition) is 4. The van der Waals surface area contributed by atoms with Crippen molar-refractivity contribution in [3.8, 4) is 67.8 Å². The van der Waals surface area contributed by atoms with Gasteiger partial charge in [0, 0.05) is 60.4 Å². The van der Waals surface area contributed by atoms with E-state index < -0.39 is 0 Å². The highest BCUT2D eigenvalue weighted by molar-refractivity contribution is 6.26. The number of rotatable bonds is 7. The van der Waals surface area contributed by atoms with Crippen molar-refractivity contribution in [3.63, 3.8) is 0 Å². The van der Waals surface area contributed by atoms with Crippen LogP contribution >= 0.6 is 0 Å².